The van der Waals surface area contributed by atoms with E-state index in [-0.39, 0.29) is 24.5 Å². The molecule has 0 spiro atoms. The van der Waals surface area contributed by atoms with Gasteiger partial charge in [-0.1, -0.05) is 72.8 Å². The van der Waals surface area contributed by atoms with Crippen LogP contribution in [-0.4, -0.2) is 34.1 Å². The summed E-state index contributed by atoms with van der Waals surface area (Å²) in [4.78, 5) is 41.9. The summed E-state index contributed by atoms with van der Waals surface area (Å²) in [6, 6.07) is 25.7. The van der Waals surface area contributed by atoms with E-state index in [1.807, 2.05) is 74.5 Å². The third kappa shape index (κ3) is 3.87. The van der Waals surface area contributed by atoms with Gasteiger partial charge in [-0.2, -0.15) is 0 Å². The highest BCUT2D eigenvalue weighted by molar-refractivity contribution is 6.22. The molecule has 0 saturated heterocycles. The molecule has 0 N–H and O–H groups in total. The van der Waals surface area contributed by atoms with Gasteiger partial charge in [0.1, 0.15) is 6.54 Å². The SMILES string of the molecule is C[C@@H](c1ccccc1)N(C(=O)CN1C(=O)c2ccccc2C1=O)[C@@H](C)c1ccccc1. The van der Waals surface area contributed by atoms with E-state index in [0.29, 0.717) is 11.1 Å². The van der Waals surface area contributed by atoms with Crippen LogP contribution in [-0.2, 0) is 4.79 Å². The Morgan fingerprint density at radius 1 is 0.710 bits per heavy atom. The first kappa shape index (κ1) is 20.5. The second-order valence-electron chi connectivity index (χ2n) is 7.72. The van der Waals surface area contributed by atoms with E-state index < -0.39 is 11.8 Å². The maximum absolute atomic E-state index is 13.6. The average molecular weight is 412 g/mol. The summed E-state index contributed by atoms with van der Waals surface area (Å²) in [6.45, 7) is 3.64. The fourth-order valence-electron chi connectivity index (χ4n) is 4.15. The van der Waals surface area contributed by atoms with Crippen molar-refractivity contribution in [3.8, 4) is 0 Å². The Hall–Kier alpha value is -3.73. The normalized spacial score (nSPS) is 14.8. The van der Waals surface area contributed by atoms with Crippen LogP contribution in [0.25, 0.3) is 0 Å². The fraction of sp³-hybridized carbons (Fsp3) is 0.192. The van der Waals surface area contributed by atoms with Crippen LogP contribution in [0.3, 0.4) is 0 Å². The quantitative estimate of drug-likeness (QED) is 0.555. The van der Waals surface area contributed by atoms with Crippen molar-refractivity contribution in [2.45, 2.75) is 25.9 Å². The number of benzene rings is 3. The molecule has 5 heteroatoms. The molecule has 0 aliphatic carbocycles. The highest BCUT2D eigenvalue weighted by Gasteiger charge is 2.38. The van der Waals surface area contributed by atoms with Crippen LogP contribution in [0.2, 0.25) is 0 Å². The predicted octanol–water partition coefficient (Wildman–Crippen LogP) is 4.63. The van der Waals surface area contributed by atoms with Crippen molar-refractivity contribution in [1.82, 2.24) is 9.80 Å². The van der Waals surface area contributed by atoms with Gasteiger partial charge >= 0.3 is 0 Å². The third-order valence-corrected chi connectivity index (χ3v) is 5.86. The van der Waals surface area contributed by atoms with E-state index in [0.717, 1.165) is 16.0 Å². The van der Waals surface area contributed by atoms with Gasteiger partial charge in [-0.3, -0.25) is 19.3 Å². The van der Waals surface area contributed by atoms with Crippen LogP contribution < -0.4 is 0 Å². The molecule has 3 amide bonds. The summed E-state index contributed by atoms with van der Waals surface area (Å²) in [5, 5.41) is 0. The minimum Gasteiger partial charge on any atom is -0.328 e. The average Bonchev–Trinajstić information content (AvgIpc) is 3.05. The van der Waals surface area contributed by atoms with Crippen LogP contribution in [0, 0.1) is 0 Å². The van der Waals surface area contributed by atoms with Crippen LogP contribution in [0.5, 0.6) is 0 Å². The van der Waals surface area contributed by atoms with Crippen molar-refractivity contribution in [3.05, 3.63) is 107 Å². The zero-order valence-electron chi connectivity index (χ0n) is 17.6. The molecular weight excluding hydrogens is 388 g/mol. The summed E-state index contributed by atoms with van der Waals surface area (Å²) in [6.07, 6.45) is 0. The smallest absolute Gasteiger partial charge is 0.262 e. The minimum atomic E-state index is -0.423. The zero-order chi connectivity index (χ0) is 22.0. The first-order valence-corrected chi connectivity index (χ1v) is 10.4. The van der Waals surface area contributed by atoms with Gasteiger partial charge in [-0.25, -0.2) is 0 Å². The molecule has 0 radical (unpaired) electrons. The molecule has 0 bridgehead atoms. The maximum Gasteiger partial charge on any atom is 0.262 e. The van der Waals surface area contributed by atoms with Crippen LogP contribution in [0.1, 0.15) is 57.8 Å². The number of fused-ring (bicyclic) bond motifs is 1. The van der Waals surface area contributed by atoms with Crippen LogP contribution in [0.15, 0.2) is 84.9 Å². The molecule has 1 aliphatic rings. The van der Waals surface area contributed by atoms with Gasteiger partial charge in [-0.15, -0.1) is 0 Å². The molecule has 0 aromatic heterocycles. The molecule has 0 unspecified atom stereocenters. The molecule has 31 heavy (non-hydrogen) atoms. The number of imide groups is 1. The molecule has 5 nitrogen and oxygen atoms in total. The Morgan fingerprint density at radius 2 is 1.10 bits per heavy atom. The fourth-order valence-corrected chi connectivity index (χ4v) is 4.15. The first-order chi connectivity index (χ1) is 15.0. The highest BCUT2D eigenvalue weighted by atomic mass is 16.2. The molecule has 3 aromatic carbocycles. The number of amides is 3. The Kier molecular flexibility index (Phi) is 5.67. The van der Waals surface area contributed by atoms with Crippen molar-refractivity contribution in [1.29, 1.82) is 0 Å². The van der Waals surface area contributed by atoms with Gasteiger partial charge in [0.25, 0.3) is 11.8 Å². The second-order valence-corrected chi connectivity index (χ2v) is 7.72. The largest absolute Gasteiger partial charge is 0.328 e. The summed E-state index contributed by atoms with van der Waals surface area (Å²) < 4.78 is 0. The lowest BCUT2D eigenvalue weighted by Crippen LogP contribution is -2.44. The minimum absolute atomic E-state index is 0.237. The Bertz CT molecular complexity index is 1030. The van der Waals surface area contributed by atoms with Gasteiger partial charge in [0.15, 0.2) is 0 Å². The molecule has 3 aromatic rings. The van der Waals surface area contributed by atoms with E-state index in [4.69, 9.17) is 0 Å². The van der Waals surface area contributed by atoms with Gasteiger partial charge in [0, 0.05) is 0 Å². The van der Waals surface area contributed by atoms with Gasteiger partial charge < -0.3 is 4.90 Å². The Labute approximate surface area is 181 Å². The topological polar surface area (TPSA) is 57.7 Å². The molecule has 0 saturated carbocycles. The summed E-state index contributed by atoms with van der Waals surface area (Å²) in [7, 11) is 0. The Balaban J connectivity index is 1.65. The van der Waals surface area contributed by atoms with E-state index in [9.17, 15) is 14.4 Å². The van der Waals surface area contributed by atoms with Crippen molar-refractivity contribution < 1.29 is 14.4 Å². The molecule has 1 heterocycles. The number of hydrogen-bond acceptors (Lipinski definition) is 3. The summed E-state index contributed by atoms with van der Waals surface area (Å²) >= 11 is 0. The van der Waals surface area contributed by atoms with E-state index in [2.05, 4.69) is 0 Å². The first-order valence-electron chi connectivity index (χ1n) is 10.4. The lowest BCUT2D eigenvalue weighted by molar-refractivity contribution is -0.136. The van der Waals surface area contributed by atoms with Crippen LogP contribution >= 0.6 is 0 Å². The molecule has 0 fully saturated rings. The van der Waals surface area contributed by atoms with Gasteiger partial charge in [0.05, 0.1) is 23.2 Å². The van der Waals surface area contributed by atoms with Gasteiger partial charge in [-0.05, 0) is 37.1 Å². The molecule has 2 atom stereocenters. The summed E-state index contributed by atoms with van der Waals surface area (Å²) in [5.41, 5.74) is 2.67. The highest BCUT2D eigenvalue weighted by Crippen LogP contribution is 2.31. The van der Waals surface area contributed by atoms with E-state index in [1.165, 1.54) is 0 Å². The lowest BCUT2D eigenvalue weighted by atomic mass is 10.0. The van der Waals surface area contributed by atoms with E-state index >= 15 is 0 Å². The molecule has 4 rings (SSSR count). The molecule has 156 valence electrons. The predicted molar refractivity (Wildman–Crippen MR) is 118 cm³/mol. The number of rotatable bonds is 6. The number of nitrogens with zero attached hydrogens (tertiary/aromatic N) is 2. The van der Waals surface area contributed by atoms with Crippen LogP contribution in [0.4, 0.5) is 0 Å². The third-order valence-electron chi connectivity index (χ3n) is 5.86. The monoisotopic (exact) mass is 412 g/mol. The van der Waals surface area contributed by atoms with Crippen molar-refractivity contribution in [2.24, 2.45) is 0 Å². The van der Waals surface area contributed by atoms with Crippen molar-refractivity contribution >= 4 is 17.7 Å². The summed E-state index contributed by atoms with van der Waals surface area (Å²) in [5.74, 6) is -1.12. The lowest BCUT2D eigenvalue weighted by Gasteiger charge is -2.36. The zero-order valence-corrected chi connectivity index (χ0v) is 17.6. The number of carbonyl (C=O) groups excluding carboxylic acids is 3. The Morgan fingerprint density at radius 3 is 1.52 bits per heavy atom. The number of carbonyl (C=O) groups is 3. The van der Waals surface area contributed by atoms with E-state index in [1.54, 1.807) is 29.2 Å². The van der Waals surface area contributed by atoms with Crippen molar-refractivity contribution in [3.63, 3.8) is 0 Å². The second kappa shape index (κ2) is 8.56. The standard InChI is InChI=1S/C26H24N2O3/c1-18(20-11-5-3-6-12-20)28(19(2)21-13-7-4-8-14-21)24(29)17-27-25(30)22-15-9-10-16-23(22)26(27)31/h3-16,18-19H,17H2,1-2H3/t18-,19-/m0/s1. The maximum atomic E-state index is 13.6. The molecule has 1 aliphatic heterocycles. The van der Waals surface area contributed by atoms with Crippen molar-refractivity contribution in [2.75, 3.05) is 6.54 Å². The van der Waals surface area contributed by atoms with Gasteiger partial charge in [0.2, 0.25) is 5.91 Å². The number of hydrogen-bond donors (Lipinski definition) is 0. The molecular formula is C26H24N2O3.